The van der Waals surface area contributed by atoms with Crippen molar-refractivity contribution >= 4 is 23.4 Å². The van der Waals surface area contributed by atoms with Gasteiger partial charge in [0, 0.05) is 12.4 Å². The molecule has 0 atom stereocenters. The molecule has 25 heavy (non-hydrogen) atoms. The molecule has 0 spiro atoms. The number of thioether (sulfide) groups is 1. The molecule has 0 bridgehead atoms. The molecule has 0 saturated carbocycles. The van der Waals surface area contributed by atoms with Crippen LogP contribution in [0.25, 0.3) is 0 Å². The third-order valence-electron chi connectivity index (χ3n) is 2.92. The number of hydrogen-bond donors (Lipinski definition) is 1. The van der Waals surface area contributed by atoms with E-state index < -0.39 is 17.6 Å². The average Bonchev–Trinajstić information content (AvgIpc) is 2.59. The van der Waals surface area contributed by atoms with Crippen LogP contribution >= 0.6 is 11.8 Å². The summed E-state index contributed by atoms with van der Waals surface area (Å²) in [7, 11) is 0. The molecule has 1 amide bonds. The lowest BCUT2D eigenvalue weighted by Crippen LogP contribution is -2.16. The molecule has 1 heterocycles. The quantitative estimate of drug-likeness (QED) is 0.588. The standard InChI is InChI=1S/C16H16F3N3O2S/c1-2-8-24-13-5-4-11(16(17,18)19)9-12(13)22-14(23)10-25-15-20-6-3-7-21-15/h3-7,9H,2,8,10H2,1H3,(H,22,23). The van der Waals surface area contributed by atoms with Crippen molar-refractivity contribution in [3.63, 3.8) is 0 Å². The number of aromatic nitrogens is 2. The number of halogens is 3. The van der Waals surface area contributed by atoms with Crippen molar-refractivity contribution in [3.05, 3.63) is 42.2 Å². The fourth-order valence-electron chi connectivity index (χ4n) is 1.82. The second kappa shape index (κ2) is 8.70. The third kappa shape index (κ3) is 5.93. The van der Waals surface area contributed by atoms with Gasteiger partial charge in [-0.15, -0.1) is 0 Å². The van der Waals surface area contributed by atoms with E-state index in [9.17, 15) is 18.0 Å². The van der Waals surface area contributed by atoms with Crippen LogP contribution < -0.4 is 10.1 Å². The van der Waals surface area contributed by atoms with Crippen LogP contribution in [0.3, 0.4) is 0 Å². The molecule has 1 aromatic carbocycles. The molecule has 134 valence electrons. The van der Waals surface area contributed by atoms with Gasteiger partial charge in [-0.2, -0.15) is 13.2 Å². The Kier molecular flexibility index (Phi) is 6.63. The van der Waals surface area contributed by atoms with Crippen molar-refractivity contribution in [3.8, 4) is 5.75 Å². The predicted octanol–water partition coefficient (Wildman–Crippen LogP) is 4.02. The van der Waals surface area contributed by atoms with E-state index in [2.05, 4.69) is 15.3 Å². The number of amides is 1. The maximum absolute atomic E-state index is 12.9. The van der Waals surface area contributed by atoms with Crippen molar-refractivity contribution in [2.45, 2.75) is 24.7 Å². The number of anilines is 1. The van der Waals surface area contributed by atoms with E-state index in [-0.39, 0.29) is 17.2 Å². The first-order chi connectivity index (χ1) is 11.9. The predicted molar refractivity (Wildman–Crippen MR) is 88.6 cm³/mol. The number of alkyl halides is 3. The van der Waals surface area contributed by atoms with Gasteiger partial charge in [0.1, 0.15) is 5.75 Å². The van der Waals surface area contributed by atoms with Gasteiger partial charge in [0.2, 0.25) is 5.91 Å². The summed E-state index contributed by atoms with van der Waals surface area (Å²) in [5.74, 6) is -0.310. The second-order valence-corrected chi connectivity index (χ2v) is 5.87. The van der Waals surface area contributed by atoms with Crippen molar-refractivity contribution in [2.75, 3.05) is 17.7 Å². The molecule has 5 nitrogen and oxygen atoms in total. The van der Waals surface area contributed by atoms with Crippen molar-refractivity contribution < 1.29 is 22.7 Å². The van der Waals surface area contributed by atoms with Crippen LogP contribution in [0.1, 0.15) is 18.9 Å². The normalized spacial score (nSPS) is 11.2. The molecule has 0 aliphatic rings. The molecular weight excluding hydrogens is 355 g/mol. The topological polar surface area (TPSA) is 64.1 Å². The van der Waals surface area contributed by atoms with Gasteiger partial charge >= 0.3 is 6.18 Å². The number of nitrogens with zero attached hydrogens (tertiary/aromatic N) is 2. The van der Waals surface area contributed by atoms with Gasteiger partial charge in [0.15, 0.2) is 5.16 Å². The lowest BCUT2D eigenvalue weighted by Gasteiger charge is -2.15. The monoisotopic (exact) mass is 371 g/mol. The Morgan fingerprint density at radius 1 is 1.28 bits per heavy atom. The summed E-state index contributed by atoms with van der Waals surface area (Å²) in [6.07, 6.45) is -0.738. The van der Waals surface area contributed by atoms with E-state index in [0.29, 0.717) is 18.2 Å². The average molecular weight is 371 g/mol. The lowest BCUT2D eigenvalue weighted by molar-refractivity contribution is -0.137. The van der Waals surface area contributed by atoms with Crippen LogP contribution in [0.5, 0.6) is 5.75 Å². The molecule has 0 unspecified atom stereocenters. The molecule has 2 aromatic rings. The van der Waals surface area contributed by atoms with Gasteiger partial charge in [-0.05, 0) is 30.7 Å². The van der Waals surface area contributed by atoms with E-state index >= 15 is 0 Å². The van der Waals surface area contributed by atoms with Crippen LogP contribution in [0.15, 0.2) is 41.8 Å². The largest absolute Gasteiger partial charge is 0.491 e. The number of nitrogens with one attached hydrogen (secondary N) is 1. The fourth-order valence-corrected chi connectivity index (χ4v) is 2.42. The summed E-state index contributed by atoms with van der Waals surface area (Å²) in [6.45, 7) is 2.21. The first-order valence-corrected chi connectivity index (χ1v) is 8.42. The first kappa shape index (κ1) is 19.0. The van der Waals surface area contributed by atoms with Crippen LogP contribution in [-0.4, -0.2) is 28.2 Å². The number of benzene rings is 1. The van der Waals surface area contributed by atoms with E-state index in [1.165, 1.54) is 18.5 Å². The molecule has 1 N–H and O–H groups in total. The Bertz CT molecular complexity index is 712. The summed E-state index contributed by atoms with van der Waals surface area (Å²) in [5, 5.41) is 2.87. The van der Waals surface area contributed by atoms with Gasteiger partial charge < -0.3 is 10.1 Å². The minimum Gasteiger partial charge on any atom is -0.491 e. The van der Waals surface area contributed by atoms with Gasteiger partial charge in [-0.1, -0.05) is 18.7 Å². The van der Waals surface area contributed by atoms with E-state index in [1.54, 1.807) is 6.07 Å². The Balaban J connectivity index is 2.10. The third-order valence-corrected chi connectivity index (χ3v) is 3.79. The molecule has 2 rings (SSSR count). The summed E-state index contributed by atoms with van der Waals surface area (Å²) in [6, 6.07) is 4.64. The second-order valence-electron chi connectivity index (χ2n) is 4.93. The number of carbonyl (C=O) groups excluding carboxylic acids is 1. The zero-order chi connectivity index (χ0) is 18.3. The minimum absolute atomic E-state index is 0.0112. The summed E-state index contributed by atoms with van der Waals surface area (Å²) in [5.41, 5.74) is -0.867. The van der Waals surface area contributed by atoms with Crippen LogP contribution in [0.2, 0.25) is 0 Å². The summed E-state index contributed by atoms with van der Waals surface area (Å²) in [4.78, 5) is 20.0. The Morgan fingerprint density at radius 3 is 2.64 bits per heavy atom. The maximum atomic E-state index is 12.9. The maximum Gasteiger partial charge on any atom is 0.416 e. The zero-order valence-electron chi connectivity index (χ0n) is 13.3. The highest BCUT2D eigenvalue weighted by Crippen LogP contribution is 2.35. The van der Waals surface area contributed by atoms with Crippen molar-refractivity contribution in [1.82, 2.24) is 9.97 Å². The Morgan fingerprint density at radius 2 is 2.00 bits per heavy atom. The fraction of sp³-hybridized carbons (Fsp3) is 0.312. The zero-order valence-corrected chi connectivity index (χ0v) is 14.2. The van der Waals surface area contributed by atoms with Gasteiger partial charge in [-0.3, -0.25) is 4.79 Å². The number of hydrogen-bond acceptors (Lipinski definition) is 5. The van der Waals surface area contributed by atoms with Gasteiger partial charge in [-0.25, -0.2) is 9.97 Å². The highest BCUT2D eigenvalue weighted by Gasteiger charge is 2.31. The van der Waals surface area contributed by atoms with Crippen molar-refractivity contribution in [1.29, 1.82) is 0 Å². The first-order valence-electron chi connectivity index (χ1n) is 7.44. The summed E-state index contributed by atoms with van der Waals surface area (Å²) >= 11 is 1.08. The van der Waals surface area contributed by atoms with Gasteiger partial charge in [0.25, 0.3) is 0 Å². The highest BCUT2D eigenvalue weighted by atomic mass is 32.2. The van der Waals surface area contributed by atoms with Crippen molar-refractivity contribution in [2.24, 2.45) is 0 Å². The molecule has 0 fully saturated rings. The number of ether oxygens (including phenoxy) is 1. The SMILES string of the molecule is CCCOc1ccc(C(F)(F)F)cc1NC(=O)CSc1ncccn1. The molecule has 0 radical (unpaired) electrons. The smallest absolute Gasteiger partial charge is 0.416 e. The van der Waals surface area contributed by atoms with E-state index in [0.717, 1.165) is 23.9 Å². The van der Waals surface area contributed by atoms with E-state index in [4.69, 9.17) is 4.74 Å². The Hall–Kier alpha value is -2.29. The summed E-state index contributed by atoms with van der Waals surface area (Å²) < 4.78 is 44.1. The Labute approximate surface area is 147 Å². The molecular formula is C16H16F3N3O2S. The number of carbonyl (C=O) groups is 1. The molecule has 1 aromatic heterocycles. The van der Waals surface area contributed by atoms with Gasteiger partial charge in [0.05, 0.1) is 23.6 Å². The molecule has 9 heteroatoms. The molecule has 0 aliphatic carbocycles. The number of rotatable bonds is 7. The van der Waals surface area contributed by atoms with Crippen LogP contribution in [0.4, 0.5) is 18.9 Å². The molecule has 0 aliphatic heterocycles. The van der Waals surface area contributed by atoms with Crippen LogP contribution in [-0.2, 0) is 11.0 Å². The lowest BCUT2D eigenvalue weighted by atomic mass is 10.1. The minimum atomic E-state index is -4.50. The van der Waals surface area contributed by atoms with E-state index in [1.807, 2.05) is 6.92 Å². The molecule has 0 saturated heterocycles. The van der Waals surface area contributed by atoms with Crippen LogP contribution in [0, 0.1) is 0 Å². The highest BCUT2D eigenvalue weighted by molar-refractivity contribution is 7.99.